The van der Waals surface area contributed by atoms with E-state index in [0.29, 0.717) is 24.2 Å². The van der Waals surface area contributed by atoms with Crippen LogP contribution in [-0.4, -0.2) is 23.9 Å². The lowest BCUT2D eigenvalue weighted by atomic mass is 9.44. The first-order valence-electron chi connectivity index (χ1n) is 10.3. The summed E-state index contributed by atoms with van der Waals surface area (Å²) in [5.74, 6) is 1.50. The molecule has 0 spiro atoms. The molecule has 4 aliphatic rings. The topological polar surface area (TPSA) is 72.5 Å². The molecule has 5 heteroatoms. The Balaban J connectivity index is 1.57. The van der Waals surface area contributed by atoms with Gasteiger partial charge in [-0.05, 0) is 74.0 Å². The number of fused-ring (bicyclic) bond motifs is 5. The number of carbonyl (C=O) groups excluding carboxylic acids is 3. The summed E-state index contributed by atoms with van der Waals surface area (Å²) in [6, 6.07) is 0. The van der Waals surface area contributed by atoms with E-state index in [9.17, 15) is 14.4 Å². The Kier molecular flexibility index (Phi) is 4.20. The molecule has 0 aromatic heterocycles. The number of ether oxygens (including phenoxy) is 1. The molecule has 4 fully saturated rings. The zero-order chi connectivity index (χ0) is 18.7. The van der Waals surface area contributed by atoms with Crippen LogP contribution in [-0.2, 0) is 19.1 Å². The van der Waals surface area contributed by atoms with E-state index in [2.05, 4.69) is 19.2 Å². The first-order valence-corrected chi connectivity index (χ1v) is 10.3. The normalized spacial score (nSPS) is 47.9. The predicted molar refractivity (Wildman–Crippen MR) is 95.8 cm³/mol. The van der Waals surface area contributed by atoms with Gasteiger partial charge in [-0.25, -0.2) is 0 Å². The highest BCUT2D eigenvalue weighted by Crippen LogP contribution is 2.64. The van der Waals surface area contributed by atoms with Crippen LogP contribution in [0, 0.1) is 34.5 Å². The van der Waals surface area contributed by atoms with E-state index >= 15 is 0 Å². The van der Waals surface area contributed by atoms with Crippen molar-refractivity contribution >= 4 is 17.8 Å². The van der Waals surface area contributed by atoms with E-state index in [0.717, 1.165) is 44.9 Å². The van der Waals surface area contributed by atoms with Crippen LogP contribution in [0.4, 0.5) is 0 Å². The van der Waals surface area contributed by atoms with Crippen molar-refractivity contribution < 1.29 is 19.1 Å². The van der Waals surface area contributed by atoms with Gasteiger partial charge in [0.05, 0.1) is 5.41 Å². The molecular formula is C21H31NO4. The van der Waals surface area contributed by atoms with Crippen molar-refractivity contribution in [1.82, 2.24) is 5.32 Å². The van der Waals surface area contributed by atoms with Crippen LogP contribution in [0.2, 0.25) is 0 Å². The van der Waals surface area contributed by atoms with Crippen LogP contribution in [0.3, 0.4) is 0 Å². The summed E-state index contributed by atoms with van der Waals surface area (Å²) in [7, 11) is 0. The number of hydrogen-bond acceptors (Lipinski definition) is 4. The van der Waals surface area contributed by atoms with Crippen LogP contribution < -0.4 is 5.32 Å². The van der Waals surface area contributed by atoms with E-state index in [1.165, 1.54) is 6.92 Å². The minimum Gasteiger partial charge on any atom is -0.463 e. The molecule has 0 aromatic rings. The van der Waals surface area contributed by atoms with Crippen molar-refractivity contribution in [3.63, 3.8) is 0 Å². The van der Waals surface area contributed by atoms with Crippen molar-refractivity contribution in [2.75, 3.05) is 0 Å². The molecular weight excluding hydrogens is 330 g/mol. The van der Waals surface area contributed by atoms with Gasteiger partial charge in [-0.3, -0.25) is 19.7 Å². The van der Waals surface area contributed by atoms with Crippen LogP contribution in [0.25, 0.3) is 0 Å². The molecule has 1 heterocycles. The van der Waals surface area contributed by atoms with Crippen molar-refractivity contribution in [2.45, 2.75) is 78.2 Å². The number of imide groups is 1. The Hall–Kier alpha value is -1.39. The first-order chi connectivity index (χ1) is 12.2. The maximum absolute atomic E-state index is 12.6. The molecule has 2 amide bonds. The molecule has 144 valence electrons. The van der Waals surface area contributed by atoms with Gasteiger partial charge < -0.3 is 4.74 Å². The Morgan fingerprint density at radius 1 is 1.08 bits per heavy atom. The third kappa shape index (κ3) is 2.61. The number of hydrogen-bond donors (Lipinski definition) is 1. The van der Waals surface area contributed by atoms with Crippen LogP contribution in [0.15, 0.2) is 0 Å². The van der Waals surface area contributed by atoms with Crippen LogP contribution >= 0.6 is 0 Å². The number of nitrogens with one attached hydrogen (secondary N) is 1. The van der Waals surface area contributed by atoms with Crippen LogP contribution in [0.5, 0.6) is 0 Å². The second-order valence-corrected chi connectivity index (χ2v) is 9.70. The Morgan fingerprint density at radius 3 is 2.58 bits per heavy atom. The van der Waals surface area contributed by atoms with Gasteiger partial charge in [-0.15, -0.1) is 0 Å². The lowest BCUT2D eigenvalue weighted by Crippen LogP contribution is -2.61. The van der Waals surface area contributed by atoms with Gasteiger partial charge in [-0.1, -0.05) is 13.8 Å². The highest BCUT2D eigenvalue weighted by atomic mass is 16.5. The van der Waals surface area contributed by atoms with E-state index in [1.807, 2.05) is 0 Å². The molecule has 7 atom stereocenters. The number of amides is 2. The minimum absolute atomic E-state index is 0.0527. The fraction of sp³-hybridized carbons (Fsp3) is 0.857. The summed E-state index contributed by atoms with van der Waals surface area (Å²) in [5, 5.41) is 2.58. The number of carbonyl (C=O) groups is 3. The standard InChI is InChI=1S/C21H31NO4/c1-12(23)26-14-6-8-20(2)13(10-14)4-5-15-16(20)7-9-21(3)17(15)11-18(24)22-19(21)25/h13-17H,4-11H2,1-3H3,(H,22,24,25)/t13-,14-,15+,16-,17+,20-,21-/m0/s1. The summed E-state index contributed by atoms with van der Waals surface area (Å²) in [5.41, 5.74) is -0.134. The quantitative estimate of drug-likeness (QED) is 0.575. The summed E-state index contributed by atoms with van der Waals surface area (Å²) in [6.45, 7) is 5.99. The molecule has 4 rings (SSSR count). The van der Waals surface area contributed by atoms with Crippen molar-refractivity contribution in [3.8, 4) is 0 Å². The van der Waals surface area contributed by atoms with E-state index in [1.54, 1.807) is 0 Å². The highest BCUT2D eigenvalue weighted by Gasteiger charge is 2.60. The summed E-state index contributed by atoms with van der Waals surface area (Å²) in [6.07, 6.45) is 7.74. The van der Waals surface area contributed by atoms with Crippen molar-refractivity contribution in [2.24, 2.45) is 34.5 Å². The van der Waals surface area contributed by atoms with E-state index in [-0.39, 0.29) is 40.6 Å². The minimum atomic E-state index is -0.382. The fourth-order valence-corrected chi connectivity index (χ4v) is 7.06. The molecule has 5 nitrogen and oxygen atoms in total. The summed E-state index contributed by atoms with van der Waals surface area (Å²) >= 11 is 0. The number of piperidine rings is 1. The second-order valence-electron chi connectivity index (χ2n) is 9.70. The molecule has 0 radical (unpaired) electrons. The van der Waals surface area contributed by atoms with Crippen molar-refractivity contribution in [3.05, 3.63) is 0 Å². The fourth-order valence-electron chi connectivity index (χ4n) is 7.06. The van der Waals surface area contributed by atoms with Gasteiger partial charge in [0.2, 0.25) is 11.8 Å². The summed E-state index contributed by atoms with van der Waals surface area (Å²) < 4.78 is 5.51. The first kappa shape index (κ1) is 18.0. The highest BCUT2D eigenvalue weighted by molar-refractivity contribution is 6.01. The second kappa shape index (κ2) is 6.07. The molecule has 3 aliphatic carbocycles. The smallest absolute Gasteiger partial charge is 0.302 e. The Bertz CT molecular complexity index is 646. The molecule has 0 aromatic carbocycles. The number of esters is 1. The Labute approximate surface area is 155 Å². The van der Waals surface area contributed by atoms with E-state index in [4.69, 9.17) is 4.74 Å². The third-order valence-electron chi connectivity index (χ3n) is 8.52. The zero-order valence-electron chi connectivity index (χ0n) is 16.2. The Morgan fingerprint density at radius 2 is 1.85 bits per heavy atom. The average Bonchev–Trinajstić information content (AvgIpc) is 2.56. The zero-order valence-corrected chi connectivity index (χ0v) is 16.2. The number of rotatable bonds is 1. The average molecular weight is 361 g/mol. The molecule has 0 bridgehead atoms. The van der Waals surface area contributed by atoms with Gasteiger partial charge in [0.1, 0.15) is 6.10 Å². The molecule has 1 saturated heterocycles. The van der Waals surface area contributed by atoms with Gasteiger partial charge in [0, 0.05) is 13.3 Å². The third-order valence-corrected chi connectivity index (χ3v) is 8.52. The molecule has 1 aliphatic heterocycles. The lowest BCUT2D eigenvalue weighted by Gasteiger charge is -2.61. The predicted octanol–water partition coefficient (Wildman–Crippen LogP) is 3.21. The molecule has 0 unspecified atom stereocenters. The van der Waals surface area contributed by atoms with Gasteiger partial charge >= 0.3 is 5.97 Å². The van der Waals surface area contributed by atoms with Crippen LogP contribution in [0.1, 0.15) is 72.1 Å². The van der Waals surface area contributed by atoms with Gasteiger partial charge in [0.25, 0.3) is 0 Å². The molecule has 1 N–H and O–H groups in total. The SMILES string of the molecule is CC(=O)O[C@H]1CC[C@@]2(C)[C@@H](CC[C@H]3[C@H]4CC(=O)NC(=O)[C@@]4(C)CC[C@@H]32)C1. The van der Waals surface area contributed by atoms with Gasteiger partial charge in [0.15, 0.2) is 0 Å². The monoisotopic (exact) mass is 361 g/mol. The largest absolute Gasteiger partial charge is 0.463 e. The van der Waals surface area contributed by atoms with E-state index < -0.39 is 0 Å². The molecule has 3 saturated carbocycles. The molecule has 26 heavy (non-hydrogen) atoms. The van der Waals surface area contributed by atoms with Gasteiger partial charge in [-0.2, -0.15) is 0 Å². The maximum atomic E-state index is 12.6. The maximum Gasteiger partial charge on any atom is 0.302 e. The lowest BCUT2D eigenvalue weighted by molar-refractivity contribution is -0.170. The summed E-state index contributed by atoms with van der Waals surface area (Å²) in [4.78, 5) is 36.0. The van der Waals surface area contributed by atoms with Crippen molar-refractivity contribution in [1.29, 1.82) is 0 Å².